The van der Waals surface area contributed by atoms with Crippen LogP contribution in [0.1, 0.15) is 13.3 Å². The van der Waals surface area contributed by atoms with E-state index in [2.05, 4.69) is 0 Å². The van der Waals surface area contributed by atoms with Gasteiger partial charge in [0.2, 0.25) is 0 Å². The molecule has 0 aliphatic heterocycles. The molecule has 0 aromatic heterocycles. The number of hydrogen-bond donors (Lipinski definition) is 2. The van der Waals surface area contributed by atoms with Crippen molar-refractivity contribution < 1.29 is 28.9 Å². The van der Waals surface area contributed by atoms with Crippen molar-refractivity contribution in [2.45, 2.75) is 19.4 Å². The Balaban J connectivity index is 4.78. The quantitative estimate of drug-likeness (QED) is 0.623. The molecule has 0 saturated heterocycles. The first-order chi connectivity index (χ1) is 6.40. The third-order valence-electron chi connectivity index (χ3n) is 1.55. The van der Waals surface area contributed by atoms with Crippen LogP contribution in [0.2, 0.25) is 0 Å². The Hall–Kier alpha value is -1.20. The smallest absolute Gasteiger partial charge is 0.399 e. The Labute approximate surface area is 80.2 Å². The molecule has 0 aliphatic rings. The van der Waals surface area contributed by atoms with E-state index >= 15 is 0 Å². The van der Waals surface area contributed by atoms with Gasteiger partial charge in [0.1, 0.15) is 6.04 Å². The van der Waals surface area contributed by atoms with Crippen LogP contribution < -0.4 is 0 Å². The highest BCUT2D eigenvalue weighted by atomic mass is 31.1. The summed E-state index contributed by atoms with van der Waals surface area (Å²) in [5, 5.41) is 17.0. The van der Waals surface area contributed by atoms with E-state index in [9.17, 15) is 18.7 Å². The monoisotopic (exact) mass is 223 g/mol. The molecule has 2 N–H and O–H groups in total. The second-order valence-electron chi connectivity index (χ2n) is 2.45. The van der Waals surface area contributed by atoms with E-state index in [4.69, 9.17) is 10.2 Å². The zero-order chi connectivity index (χ0) is 11.3. The molecule has 0 aromatic rings. The number of carboxylic acids is 2. The summed E-state index contributed by atoms with van der Waals surface area (Å²) >= 11 is 0. The standard InChI is InChI=1S/C6H10NO6P/c1-2-7(14(12)13)4(6(10)11)3-5(8)9/h4H,2-3H2,1H3,(H,8,9)(H,10,11). The van der Waals surface area contributed by atoms with Gasteiger partial charge in [0.15, 0.2) is 0 Å². The van der Waals surface area contributed by atoms with Gasteiger partial charge in [0, 0.05) is 6.54 Å². The van der Waals surface area contributed by atoms with Gasteiger partial charge in [0.25, 0.3) is 0 Å². The minimum absolute atomic E-state index is 0.0665. The molecule has 80 valence electrons. The van der Waals surface area contributed by atoms with E-state index < -0.39 is 32.2 Å². The van der Waals surface area contributed by atoms with Gasteiger partial charge in [-0.05, 0) is 0 Å². The Morgan fingerprint density at radius 3 is 2.07 bits per heavy atom. The predicted molar refractivity (Wildman–Crippen MR) is 44.3 cm³/mol. The van der Waals surface area contributed by atoms with Gasteiger partial charge in [-0.2, -0.15) is 4.67 Å². The Kier molecular flexibility index (Phi) is 5.04. The summed E-state index contributed by atoms with van der Waals surface area (Å²) in [5.74, 6) is -2.82. The maximum Gasteiger partial charge on any atom is 0.399 e. The van der Waals surface area contributed by atoms with Gasteiger partial charge >= 0.3 is 19.8 Å². The first-order valence-corrected chi connectivity index (χ1v) is 4.88. The number of rotatable bonds is 6. The summed E-state index contributed by atoms with van der Waals surface area (Å²) < 4.78 is 21.7. The maximum absolute atomic E-state index is 10.6. The molecule has 0 bridgehead atoms. The normalized spacial score (nSPS) is 12.4. The van der Waals surface area contributed by atoms with Crippen molar-refractivity contribution in [1.29, 1.82) is 0 Å². The summed E-state index contributed by atoms with van der Waals surface area (Å²) in [5.41, 5.74) is 0. The molecule has 1 atom stereocenters. The van der Waals surface area contributed by atoms with Crippen LogP contribution in [0.5, 0.6) is 0 Å². The molecule has 0 rings (SSSR count). The fourth-order valence-corrected chi connectivity index (χ4v) is 1.57. The Morgan fingerprint density at radius 1 is 1.36 bits per heavy atom. The molecule has 0 radical (unpaired) electrons. The fraction of sp³-hybridized carbons (Fsp3) is 0.667. The summed E-state index contributed by atoms with van der Waals surface area (Å²) in [6, 6.07) is -1.53. The molecule has 0 aromatic carbocycles. The third kappa shape index (κ3) is 3.68. The van der Waals surface area contributed by atoms with Gasteiger partial charge in [0.05, 0.1) is 6.42 Å². The van der Waals surface area contributed by atoms with Crippen molar-refractivity contribution in [1.82, 2.24) is 4.67 Å². The zero-order valence-electron chi connectivity index (χ0n) is 7.41. The minimum atomic E-state index is -3.08. The number of nitrogens with zero attached hydrogens (tertiary/aromatic N) is 1. The van der Waals surface area contributed by atoms with Crippen molar-refractivity contribution in [3.8, 4) is 0 Å². The largest absolute Gasteiger partial charge is 0.481 e. The fourth-order valence-electron chi connectivity index (χ4n) is 0.935. The highest BCUT2D eigenvalue weighted by Gasteiger charge is 2.30. The Bertz CT molecular complexity index is 291. The van der Waals surface area contributed by atoms with E-state index in [1.54, 1.807) is 0 Å². The summed E-state index contributed by atoms with van der Waals surface area (Å²) in [6.45, 7) is 1.37. The number of carbonyl (C=O) groups is 2. The molecule has 8 heteroatoms. The highest BCUT2D eigenvalue weighted by Crippen LogP contribution is 2.19. The molecular weight excluding hydrogens is 213 g/mol. The molecule has 7 nitrogen and oxygen atoms in total. The van der Waals surface area contributed by atoms with Crippen LogP contribution in [-0.4, -0.2) is 39.4 Å². The van der Waals surface area contributed by atoms with Crippen LogP contribution in [0.25, 0.3) is 0 Å². The lowest BCUT2D eigenvalue weighted by molar-refractivity contribution is -0.147. The van der Waals surface area contributed by atoms with Crippen molar-refractivity contribution in [3.05, 3.63) is 0 Å². The average Bonchev–Trinajstić information content (AvgIpc) is 2.02. The molecule has 0 amide bonds. The Morgan fingerprint density at radius 2 is 1.86 bits per heavy atom. The van der Waals surface area contributed by atoms with Crippen molar-refractivity contribution >= 4 is 19.8 Å². The molecule has 0 fully saturated rings. The maximum atomic E-state index is 10.6. The first-order valence-electron chi connectivity index (χ1n) is 3.75. The van der Waals surface area contributed by atoms with E-state index in [1.165, 1.54) is 6.92 Å². The van der Waals surface area contributed by atoms with Gasteiger partial charge in [-0.3, -0.25) is 9.59 Å². The van der Waals surface area contributed by atoms with Crippen molar-refractivity contribution in [2.75, 3.05) is 6.54 Å². The molecule has 0 spiro atoms. The van der Waals surface area contributed by atoms with Crippen LogP contribution in [0.15, 0.2) is 0 Å². The van der Waals surface area contributed by atoms with Gasteiger partial charge < -0.3 is 10.2 Å². The number of carboxylic acid groups (broad SMARTS) is 2. The second kappa shape index (κ2) is 5.51. The lowest BCUT2D eigenvalue weighted by Gasteiger charge is -2.17. The second-order valence-corrected chi connectivity index (χ2v) is 3.43. The molecule has 14 heavy (non-hydrogen) atoms. The van der Waals surface area contributed by atoms with E-state index in [1.807, 2.05) is 0 Å². The third-order valence-corrected chi connectivity index (χ3v) is 2.53. The lowest BCUT2D eigenvalue weighted by Crippen LogP contribution is -2.37. The SMILES string of the molecule is CCN(C(CC(=O)O)C(=O)O)P(=O)=O. The summed E-state index contributed by atoms with van der Waals surface area (Å²) in [6.07, 6.45) is -0.744. The van der Waals surface area contributed by atoms with Crippen LogP contribution in [0.3, 0.4) is 0 Å². The number of hydrogen-bond acceptors (Lipinski definition) is 4. The van der Waals surface area contributed by atoms with Crippen LogP contribution >= 0.6 is 7.83 Å². The molecule has 0 saturated carbocycles. The average molecular weight is 223 g/mol. The van der Waals surface area contributed by atoms with Gasteiger partial charge in [-0.25, -0.2) is 9.13 Å². The van der Waals surface area contributed by atoms with E-state index in [0.717, 1.165) is 0 Å². The van der Waals surface area contributed by atoms with Crippen LogP contribution in [0.4, 0.5) is 0 Å². The summed E-state index contributed by atoms with van der Waals surface area (Å²) in [7, 11) is -3.08. The topological polar surface area (TPSA) is 112 Å². The van der Waals surface area contributed by atoms with Crippen LogP contribution in [0, 0.1) is 0 Å². The van der Waals surface area contributed by atoms with Gasteiger partial charge in [-0.15, -0.1) is 0 Å². The van der Waals surface area contributed by atoms with Gasteiger partial charge in [-0.1, -0.05) is 6.92 Å². The zero-order valence-corrected chi connectivity index (χ0v) is 8.31. The van der Waals surface area contributed by atoms with Crippen LogP contribution in [-0.2, 0) is 18.7 Å². The molecular formula is C6H10NO6P. The van der Waals surface area contributed by atoms with Crippen molar-refractivity contribution in [3.63, 3.8) is 0 Å². The lowest BCUT2D eigenvalue weighted by atomic mass is 10.2. The van der Waals surface area contributed by atoms with E-state index in [-0.39, 0.29) is 6.54 Å². The van der Waals surface area contributed by atoms with E-state index in [0.29, 0.717) is 4.67 Å². The molecule has 0 aliphatic carbocycles. The first kappa shape index (κ1) is 12.8. The number of likely N-dealkylation sites (N-methyl/N-ethyl adjacent to an activating group) is 1. The predicted octanol–water partition coefficient (Wildman–Crippen LogP) is 0.324. The van der Waals surface area contributed by atoms with Crippen molar-refractivity contribution in [2.24, 2.45) is 0 Å². The molecule has 1 unspecified atom stereocenters. The number of aliphatic carboxylic acids is 2. The minimum Gasteiger partial charge on any atom is -0.481 e. The highest BCUT2D eigenvalue weighted by molar-refractivity contribution is 7.27. The molecule has 0 heterocycles. The summed E-state index contributed by atoms with van der Waals surface area (Å²) in [4.78, 5) is 20.8.